The summed E-state index contributed by atoms with van der Waals surface area (Å²) in [5.74, 6) is -0.998. The van der Waals surface area contributed by atoms with Crippen molar-refractivity contribution >= 4 is 39.4 Å². The van der Waals surface area contributed by atoms with Gasteiger partial charge in [0.2, 0.25) is 10.7 Å². The predicted octanol–water partition coefficient (Wildman–Crippen LogP) is 4.64. The molecule has 0 unspecified atom stereocenters. The molecule has 0 bridgehead atoms. The zero-order valence-corrected chi connectivity index (χ0v) is 15.8. The van der Waals surface area contributed by atoms with E-state index in [2.05, 4.69) is 25.7 Å². The van der Waals surface area contributed by atoms with Gasteiger partial charge in [-0.3, -0.25) is 5.43 Å². The Hall–Kier alpha value is -3.59. The van der Waals surface area contributed by atoms with E-state index < -0.39 is 5.97 Å². The number of nitrogens with one attached hydrogen (secondary N) is 1. The standard InChI is InChI=1S/C19H17N5O3S/c1-2-27-19(26)15(23-21-13-9-5-3-6-10-13)17-20-16(25)18(28-17)24-22-14-11-7-4-8-12-14/h3-12,21,25H,2H2,1H3. The first kappa shape index (κ1) is 19.2. The van der Waals surface area contributed by atoms with Gasteiger partial charge in [0.15, 0.2) is 5.01 Å². The van der Waals surface area contributed by atoms with Crippen LogP contribution in [0.4, 0.5) is 16.4 Å². The highest BCUT2D eigenvalue weighted by atomic mass is 32.1. The number of thiazole rings is 1. The molecule has 0 atom stereocenters. The third-order valence-electron chi connectivity index (χ3n) is 3.35. The fraction of sp³-hybridized carbons (Fsp3) is 0.105. The molecule has 0 fully saturated rings. The van der Waals surface area contributed by atoms with Crippen LogP contribution in [-0.2, 0) is 9.53 Å². The molecule has 0 aliphatic heterocycles. The molecule has 0 aliphatic rings. The molecule has 1 aromatic heterocycles. The first-order chi connectivity index (χ1) is 13.7. The van der Waals surface area contributed by atoms with E-state index in [1.165, 1.54) is 0 Å². The molecular weight excluding hydrogens is 378 g/mol. The maximum atomic E-state index is 12.3. The molecular formula is C19H17N5O3S. The van der Waals surface area contributed by atoms with E-state index in [0.717, 1.165) is 11.3 Å². The maximum absolute atomic E-state index is 12.3. The summed E-state index contributed by atoms with van der Waals surface area (Å²) in [5, 5.41) is 22.6. The highest BCUT2D eigenvalue weighted by Gasteiger charge is 2.22. The molecule has 0 spiro atoms. The van der Waals surface area contributed by atoms with Gasteiger partial charge in [-0.15, -0.1) is 10.2 Å². The number of esters is 1. The van der Waals surface area contributed by atoms with Crippen LogP contribution in [-0.4, -0.2) is 28.4 Å². The minimum absolute atomic E-state index is 0.0628. The Morgan fingerprint density at radius 1 is 1.11 bits per heavy atom. The van der Waals surface area contributed by atoms with E-state index in [1.54, 1.807) is 31.2 Å². The number of para-hydroxylation sites is 1. The largest absolute Gasteiger partial charge is 0.491 e. The van der Waals surface area contributed by atoms with E-state index in [1.807, 2.05) is 36.4 Å². The molecule has 0 saturated heterocycles. The summed E-state index contributed by atoms with van der Waals surface area (Å²) >= 11 is 0.983. The number of benzene rings is 2. The van der Waals surface area contributed by atoms with Gasteiger partial charge >= 0.3 is 5.97 Å². The fourth-order valence-corrected chi connectivity index (χ4v) is 2.84. The number of ether oxygens (including phenoxy) is 1. The number of hydrogen-bond donors (Lipinski definition) is 2. The monoisotopic (exact) mass is 395 g/mol. The molecule has 28 heavy (non-hydrogen) atoms. The van der Waals surface area contributed by atoms with E-state index in [-0.39, 0.29) is 28.2 Å². The minimum Gasteiger partial charge on any atom is -0.491 e. The normalized spacial score (nSPS) is 11.5. The van der Waals surface area contributed by atoms with E-state index in [9.17, 15) is 9.90 Å². The number of rotatable bonds is 7. The number of nitrogens with zero attached hydrogens (tertiary/aromatic N) is 4. The summed E-state index contributed by atoms with van der Waals surface area (Å²) in [7, 11) is 0. The van der Waals surface area contributed by atoms with Gasteiger partial charge in [0, 0.05) is 0 Å². The summed E-state index contributed by atoms with van der Waals surface area (Å²) in [5.41, 5.74) is 4.04. The molecule has 1 heterocycles. The molecule has 8 nitrogen and oxygen atoms in total. The topological polar surface area (TPSA) is 109 Å². The second-order valence-electron chi connectivity index (χ2n) is 5.34. The Balaban J connectivity index is 1.87. The fourth-order valence-electron chi connectivity index (χ4n) is 2.08. The van der Waals surface area contributed by atoms with E-state index in [0.29, 0.717) is 11.4 Å². The van der Waals surface area contributed by atoms with Crippen LogP contribution in [0, 0.1) is 0 Å². The molecule has 3 rings (SSSR count). The molecule has 142 valence electrons. The van der Waals surface area contributed by atoms with Crippen LogP contribution in [0.2, 0.25) is 0 Å². The van der Waals surface area contributed by atoms with Crippen molar-refractivity contribution in [3.63, 3.8) is 0 Å². The molecule has 2 N–H and O–H groups in total. The van der Waals surface area contributed by atoms with Gasteiger partial charge < -0.3 is 9.84 Å². The number of carbonyl (C=O) groups excluding carboxylic acids is 1. The molecule has 9 heteroatoms. The summed E-state index contributed by atoms with van der Waals surface area (Å²) in [4.78, 5) is 16.3. The van der Waals surface area contributed by atoms with Crippen molar-refractivity contribution in [3.8, 4) is 5.88 Å². The number of aromatic nitrogens is 1. The van der Waals surface area contributed by atoms with Crippen LogP contribution >= 0.6 is 11.3 Å². The Labute approximate surface area is 165 Å². The summed E-state index contributed by atoms with van der Waals surface area (Å²) in [6.45, 7) is 1.88. The smallest absolute Gasteiger partial charge is 0.361 e. The Kier molecular flexibility index (Phi) is 6.42. The second-order valence-corrected chi connectivity index (χ2v) is 6.32. The predicted molar refractivity (Wildman–Crippen MR) is 108 cm³/mol. The van der Waals surface area contributed by atoms with Crippen molar-refractivity contribution in [3.05, 3.63) is 65.7 Å². The molecule has 0 radical (unpaired) electrons. The Morgan fingerprint density at radius 3 is 2.46 bits per heavy atom. The van der Waals surface area contributed by atoms with Crippen LogP contribution in [0.5, 0.6) is 5.88 Å². The van der Waals surface area contributed by atoms with Gasteiger partial charge in [-0.2, -0.15) is 10.1 Å². The molecule has 2 aromatic carbocycles. The highest BCUT2D eigenvalue weighted by molar-refractivity contribution is 7.18. The van der Waals surface area contributed by atoms with Crippen LogP contribution < -0.4 is 5.43 Å². The lowest BCUT2D eigenvalue weighted by atomic mass is 10.3. The lowest BCUT2D eigenvalue weighted by Crippen LogP contribution is -2.20. The van der Waals surface area contributed by atoms with Crippen molar-refractivity contribution in [2.45, 2.75) is 6.92 Å². The lowest BCUT2D eigenvalue weighted by molar-refractivity contribution is -0.134. The highest BCUT2D eigenvalue weighted by Crippen LogP contribution is 2.34. The first-order valence-electron chi connectivity index (χ1n) is 8.40. The lowest BCUT2D eigenvalue weighted by Gasteiger charge is -2.04. The van der Waals surface area contributed by atoms with Crippen molar-refractivity contribution in [2.75, 3.05) is 12.0 Å². The quantitative estimate of drug-likeness (QED) is 0.262. The zero-order chi connectivity index (χ0) is 19.8. The Bertz CT molecular complexity index is 987. The van der Waals surface area contributed by atoms with Crippen LogP contribution in [0.25, 0.3) is 0 Å². The van der Waals surface area contributed by atoms with Gasteiger partial charge in [-0.1, -0.05) is 47.7 Å². The van der Waals surface area contributed by atoms with Crippen LogP contribution in [0.1, 0.15) is 11.9 Å². The number of azo groups is 1. The second kappa shape index (κ2) is 9.38. The SMILES string of the molecule is CCOC(=O)C(=NNc1ccccc1)c1nc(O)c(N=Nc2ccccc2)s1. The Morgan fingerprint density at radius 2 is 1.79 bits per heavy atom. The molecule has 0 amide bonds. The van der Waals surface area contributed by atoms with Gasteiger partial charge in [0.25, 0.3) is 5.88 Å². The molecule has 3 aromatic rings. The van der Waals surface area contributed by atoms with Gasteiger partial charge in [-0.25, -0.2) is 4.79 Å². The van der Waals surface area contributed by atoms with Crippen molar-refractivity contribution < 1.29 is 14.6 Å². The number of hydrazone groups is 1. The maximum Gasteiger partial charge on any atom is 0.361 e. The first-order valence-corrected chi connectivity index (χ1v) is 9.22. The van der Waals surface area contributed by atoms with E-state index >= 15 is 0 Å². The number of hydrogen-bond acceptors (Lipinski definition) is 9. The van der Waals surface area contributed by atoms with Crippen LogP contribution in [0.15, 0.2) is 76.0 Å². The molecule has 0 aliphatic carbocycles. The van der Waals surface area contributed by atoms with Crippen molar-refractivity contribution in [1.29, 1.82) is 0 Å². The average molecular weight is 395 g/mol. The third kappa shape index (κ3) is 4.98. The summed E-state index contributed by atoms with van der Waals surface area (Å²) in [6.07, 6.45) is 0. The number of carbonyl (C=O) groups is 1. The van der Waals surface area contributed by atoms with Crippen molar-refractivity contribution in [2.24, 2.45) is 15.3 Å². The summed E-state index contributed by atoms with van der Waals surface area (Å²) < 4.78 is 5.05. The molecule has 0 saturated carbocycles. The van der Waals surface area contributed by atoms with Gasteiger partial charge in [0.05, 0.1) is 18.0 Å². The zero-order valence-electron chi connectivity index (χ0n) is 14.9. The minimum atomic E-state index is -0.661. The van der Waals surface area contributed by atoms with Crippen LogP contribution in [0.3, 0.4) is 0 Å². The number of aromatic hydroxyl groups is 1. The van der Waals surface area contributed by atoms with Crippen molar-refractivity contribution in [1.82, 2.24) is 4.98 Å². The van der Waals surface area contributed by atoms with E-state index in [4.69, 9.17) is 4.74 Å². The average Bonchev–Trinajstić information content (AvgIpc) is 3.08. The number of anilines is 1. The summed E-state index contributed by atoms with van der Waals surface area (Å²) in [6, 6.07) is 18.2. The van der Waals surface area contributed by atoms with Gasteiger partial charge in [-0.05, 0) is 31.2 Å². The third-order valence-corrected chi connectivity index (χ3v) is 4.28. The van der Waals surface area contributed by atoms with Gasteiger partial charge in [0.1, 0.15) is 0 Å².